The lowest BCUT2D eigenvalue weighted by atomic mass is 9.73. The van der Waals surface area contributed by atoms with Gasteiger partial charge in [-0.2, -0.15) is 0 Å². The highest BCUT2D eigenvalue weighted by Gasteiger charge is 2.53. The van der Waals surface area contributed by atoms with Crippen molar-refractivity contribution in [2.24, 2.45) is 5.92 Å². The molecule has 31 heavy (non-hydrogen) atoms. The first-order valence-corrected chi connectivity index (χ1v) is 10.0. The number of benzene rings is 2. The van der Waals surface area contributed by atoms with Crippen molar-refractivity contribution in [3.63, 3.8) is 0 Å². The molecule has 0 aromatic heterocycles. The van der Waals surface area contributed by atoms with Crippen molar-refractivity contribution in [3.8, 4) is 0 Å². The summed E-state index contributed by atoms with van der Waals surface area (Å²) in [5.74, 6) is -3.07. The monoisotopic (exact) mass is 417 g/mol. The molecule has 2 heterocycles. The van der Waals surface area contributed by atoms with E-state index in [0.29, 0.717) is 28.9 Å². The number of aromatic carboxylic acids is 1. The van der Waals surface area contributed by atoms with E-state index < -0.39 is 35.9 Å². The van der Waals surface area contributed by atoms with Gasteiger partial charge in [0, 0.05) is 29.2 Å². The van der Waals surface area contributed by atoms with E-state index in [9.17, 15) is 24.3 Å². The summed E-state index contributed by atoms with van der Waals surface area (Å²) in [6, 6.07) is 12.9. The number of carbonyl (C=O) groups is 4. The molecule has 3 N–H and O–H groups in total. The predicted molar refractivity (Wildman–Crippen MR) is 110 cm³/mol. The van der Waals surface area contributed by atoms with Gasteiger partial charge in [-0.05, 0) is 24.6 Å². The van der Waals surface area contributed by atoms with Gasteiger partial charge in [0.05, 0.1) is 17.2 Å². The first-order chi connectivity index (χ1) is 14.9. The fourth-order valence-corrected chi connectivity index (χ4v) is 4.86. The fraction of sp³-hybridized carbons (Fsp3) is 0.217. The number of allylic oxidation sites excluding steroid dienone is 1. The lowest BCUT2D eigenvalue weighted by Gasteiger charge is -2.47. The van der Waals surface area contributed by atoms with Crippen LogP contribution in [0.3, 0.4) is 0 Å². The summed E-state index contributed by atoms with van der Waals surface area (Å²) in [5, 5.41) is 14.9. The topological polar surface area (TPSA) is 116 Å². The maximum atomic E-state index is 13.4. The van der Waals surface area contributed by atoms with Crippen LogP contribution < -0.4 is 10.6 Å². The average molecular weight is 417 g/mol. The number of amides is 3. The molecule has 3 unspecified atom stereocenters. The lowest BCUT2D eigenvalue weighted by Crippen LogP contribution is -2.67. The van der Waals surface area contributed by atoms with Crippen LogP contribution in [-0.4, -0.2) is 46.4 Å². The number of hydrogen-bond acceptors (Lipinski definition) is 5. The molecule has 1 fully saturated rings. The van der Waals surface area contributed by atoms with Crippen LogP contribution in [0.1, 0.15) is 44.7 Å². The molecule has 5 rings (SSSR count). The summed E-state index contributed by atoms with van der Waals surface area (Å²) >= 11 is 0. The third-order valence-electron chi connectivity index (χ3n) is 6.24. The number of hydrogen-bond donors (Lipinski definition) is 3. The molecule has 0 bridgehead atoms. The average Bonchev–Trinajstić information content (AvgIpc) is 3.05. The maximum absolute atomic E-state index is 13.4. The van der Waals surface area contributed by atoms with Gasteiger partial charge in [0.2, 0.25) is 5.91 Å². The fourth-order valence-electron chi connectivity index (χ4n) is 4.86. The molecule has 1 aliphatic carbocycles. The van der Waals surface area contributed by atoms with Crippen LogP contribution in [0.15, 0.2) is 54.1 Å². The van der Waals surface area contributed by atoms with Gasteiger partial charge in [-0.25, -0.2) is 9.59 Å². The van der Waals surface area contributed by atoms with Crippen molar-refractivity contribution in [2.45, 2.75) is 19.0 Å². The number of Topliss-reactive ketones (excluding diaryl/α,β-unsaturated/α-hetero) is 1. The number of carboxylic acid groups (broad SMARTS) is 1. The third-order valence-corrected chi connectivity index (χ3v) is 6.24. The van der Waals surface area contributed by atoms with Crippen molar-refractivity contribution >= 4 is 29.4 Å². The molecule has 3 aliphatic rings. The second-order valence-corrected chi connectivity index (χ2v) is 7.76. The van der Waals surface area contributed by atoms with Crippen LogP contribution in [0, 0.1) is 5.92 Å². The normalized spacial score (nSPS) is 24.2. The highest BCUT2D eigenvalue weighted by Crippen LogP contribution is 2.48. The highest BCUT2D eigenvalue weighted by atomic mass is 16.4. The zero-order chi connectivity index (χ0) is 21.9. The Morgan fingerprint density at radius 3 is 2.35 bits per heavy atom. The quantitative estimate of drug-likeness (QED) is 0.705. The van der Waals surface area contributed by atoms with Crippen molar-refractivity contribution in [2.75, 3.05) is 6.54 Å². The van der Waals surface area contributed by atoms with Gasteiger partial charge in [-0.1, -0.05) is 36.4 Å². The molecule has 8 nitrogen and oxygen atoms in total. The summed E-state index contributed by atoms with van der Waals surface area (Å²) in [7, 11) is 0. The van der Waals surface area contributed by atoms with Crippen LogP contribution in [0.4, 0.5) is 4.79 Å². The van der Waals surface area contributed by atoms with Crippen LogP contribution in [0.2, 0.25) is 0 Å². The Morgan fingerprint density at radius 2 is 1.71 bits per heavy atom. The summed E-state index contributed by atoms with van der Waals surface area (Å²) in [4.78, 5) is 51.7. The Morgan fingerprint density at radius 1 is 1.03 bits per heavy atom. The Hall–Kier alpha value is -3.94. The first kappa shape index (κ1) is 19.0. The molecule has 156 valence electrons. The molecule has 0 spiro atoms. The molecular weight excluding hydrogens is 398 g/mol. The second kappa shape index (κ2) is 6.80. The van der Waals surface area contributed by atoms with Gasteiger partial charge >= 0.3 is 12.0 Å². The van der Waals surface area contributed by atoms with E-state index in [4.69, 9.17) is 0 Å². The predicted octanol–water partition coefficient (Wildman–Crippen LogP) is 2.19. The molecule has 0 saturated carbocycles. The summed E-state index contributed by atoms with van der Waals surface area (Å²) in [6.07, 6.45) is -0.631. The van der Waals surface area contributed by atoms with Crippen LogP contribution in [-0.2, 0) is 4.79 Å². The highest BCUT2D eigenvalue weighted by molar-refractivity contribution is 6.22. The minimum atomic E-state index is -1.06. The smallest absolute Gasteiger partial charge is 0.335 e. The van der Waals surface area contributed by atoms with Gasteiger partial charge in [0.25, 0.3) is 0 Å². The molecule has 2 aliphatic heterocycles. The number of ketones is 1. The van der Waals surface area contributed by atoms with E-state index in [-0.39, 0.29) is 11.3 Å². The van der Waals surface area contributed by atoms with Crippen molar-refractivity contribution < 1.29 is 24.3 Å². The van der Waals surface area contributed by atoms with Crippen molar-refractivity contribution in [3.05, 3.63) is 76.4 Å². The number of nitrogens with zero attached hydrogens (tertiary/aromatic N) is 1. The van der Waals surface area contributed by atoms with E-state index >= 15 is 0 Å². The number of fused-ring (bicyclic) bond motifs is 3. The lowest BCUT2D eigenvalue weighted by molar-refractivity contribution is -0.129. The van der Waals surface area contributed by atoms with Crippen LogP contribution >= 0.6 is 0 Å². The Bertz CT molecular complexity index is 1180. The molecule has 8 heteroatoms. The van der Waals surface area contributed by atoms with Gasteiger partial charge in [-0.15, -0.1) is 0 Å². The van der Waals surface area contributed by atoms with Crippen LogP contribution in [0.25, 0.3) is 5.70 Å². The third kappa shape index (κ3) is 2.68. The Balaban J connectivity index is 1.72. The number of carbonyl (C=O) groups excluding carboxylic acids is 3. The number of urea groups is 1. The van der Waals surface area contributed by atoms with Gasteiger partial charge < -0.3 is 15.3 Å². The van der Waals surface area contributed by atoms with E-state index in [1.165, 1.54) is 12.1 Å². The van der Waals surface area contributed by atoms with E-state index in [1.54, 1.807) is 29.2 Å². The summed E-state index contributed by atoms with van der Waals surface area (Å²) in [6.45, 7) is 2.19. The molecule has 3 amide bonds. The first-order valence-electron chi connectivity index (χ1n) is 10.0. The van der Waals surface area contributed by atoms with Crippen molar-refractivity contribution in [1.82, 2.24) is 15.5 Å². The molecule has 1 saturated heterocycles. The van der Waals surface area contributed by atoms with Gasteiger partial charge in [0.1, 0.15) is 6.17 Å². The molecule has 3 atom stereocenters. The van der Waals surface area contributed by atoms with Gasteiger partial charge in [0.15, 0.2) is 5.78 Å². The number of nitrogens with one attached hydrogen (secondary N) is 2. The van der Waals surface area contributed by atoms with E-state index in [1.807, 2.05) is 19.1 Å². The number of imide groups is 1. The van der Waals surface area contributed by atoms with Crippen molar-refractivity contribution in [1.29, 1.82) is 0 Å². The minimum absolute atomic E-state index is 0.114. The molecule has 2 aromatic carbocycles. The Labute approximate surface area is 177 Å². The SMILES string of the molecule is CCN1C(=O)NC(=O)C2C(c3ccc(C(=O)O)cc3)C3=C(NC21)c1ccccc1C3=O. The molecule has 2 aromatic rings. The largest absolute Gasteiger partial charge is 0.478 e. The Kier molecular flexibility index (Phi) is 4.18. The summed E-state index contributed by atoms with van der Waals surface area (Å²) in [5.41, 5.74) is 3.13. The maximum Gasteiger partial charge on any atom is 0.335 e. The second-order valence-electron chi connectivity index (χ2n) is 7.76. The minimum Gasteiger partial charge on any atom is -0.478 e. The number of carboxylic acids is 1. The van der Waals surface area contributed by atoms with E-state index in [0.717, 1.165) is 5.56 Å². The molecular formula is C23H19N3O5. The van der Waals surface area contributed by atoms with E-state index in [2.05, 4.69) is 10.6 Å². The van der Waals surface area contributed by atoms with Gasteiger partial charge in [-0.3, -0.25) is 14.9 Å². The van der Waals surface area contributed by atoms with Crippen LogP contribution in [0.5, 0.6) is 0 Å². The summed E-state index contributed by atoms with van der Waals surface area (Å²) < 4.78 is 0. The zero-order valence-electron chi connectivity index (χ0n) is 16.6. The number of rotatable bonds is 3. The zero-order valence-corrected chi connectivity index (χ0v) is 16.6. The molecule has 0 radical (unpaired) electrons. The standard InChI is InChI=1S/C23H19N3O5/c1-2-26-20-17(21(28)25-23(26)31)15(11-7-9-12(10-8-11)22(29)30)16-18(24-20)13-5-3-4-6-14(13)19(16)27/h3-10,15,17,20,24H,2H2,1H3,(H,29,30)(H,25,28,31).